The van der Waals surface area contributed by atoms with Crippen molar-refractivity contribution in [3.8, 4) is 0 Å². The van der Waals surface area contributed by atoms with Gasteiger partial charge in [-0.15, -0.1) is 24.0 Å². The fourth-order valence-electron chi connectivity index (χ4n) is 3.55. The van der Waals surface area contributed by atoms with E-state index in [-0.39, 0.29) is 30.1 Å². The van der Waals surface area contributed by atoms with Crippen molar-refractivity contribution in [1.82, 2.24) is 15.5 Å². The van der Waals surface area contributed by atoms with Crippen LogP contribution in [0.4, 0.5) is 0 Å². The maximum Gasteiger partial charge on any atom is 0.191 e. The molecule has 1 heterocycles. The predicted molar refractivity (Wildman–Crippen MR) is 131 cm³/mol. The van der Waals surface area contributed by atoms with Crippen molar-refractivity contribution in [2.45, 2.75) is 32.3 Å². The molecule has 1 aliphatic rings. The molecule has 166 valence electrons. The number of guanidine groups is 1. The van der Waals surface area contributed by atoms with Gasteiger partial charge in [0.05, 0.1) is 6.10 Å². The summed E-state index contributed by atoms with van der Waals surface area (Å²) in [5.41, 5.74) is 1.26. The maximum atomic E-state index is 6.10. The summed E-state index contributed by atoms with van der Waals surface area (Å²) in [5.74, 6) is 1.31. The molecule has 1 aliphatic heterocycles. The molecule has 1 saturated heterocycles. The van der Waals surface area contributed by atoms with Gasteiger partial charge in [-0.1, -0.05) is 30.3 Å². The van der Waals surface area contributed by atoms with Gasteiger partial charge in [0, 0.05) is 59.0 Å². The van der Waals surface area contributed by atoms with E-state index in [1.807, 2.05) is 0 Å². The third kappa shape index (κ3) is 10.1. The van der Waals surface area contributed by atoms with Crippen LogP contribution in [-0.2, 0) is 9.47 Å². The Bertz CT molecular complexity index is 559. The number of ether oxygens (including phenoxy) is 2. The molecule has 0 bridgehead atoms. The lowest BCUT2D eigenvalue weighted by atomic mass is 9.89. The second-order valence-electron chi connectivity index (χ2n) is 7.40. The molecule has 2 N–H and O–H groups in total. The number of hydrogen-bond donors (Lipinski definition) is 2. The highest BCUT2D eigenvalue weighted by atomic mass is 127. The van der Waals surface area contributed by atoms with Gasteiger partial charge in [-0.2, -0.15) is 0 Å². The van der Waals surface area contributed by atoms with Crippen LogP contribution in [0.3, 0.4) is 0 Å². The number of halogens is 1. The summed E-state index contributed by atoms with van der Waals surface area (Å²) in [7, 11) is 3.89. The molecule has 2 atom stereocenters. The molecule has 2 rings (SSSR count). The minimum atomic E-state index is 0. The van der Waals surface area contributed by atoms with E-state index in [0.29, 0.717) is 5.92 Å². The van der Waals surface area contributed by atoms with E-state index >= 15 is 0 Å². The molecule has 1 aromatic carbocycles. The lowest BCUT2D eigenvalue weighted by molar-refractivity contribution is -0.0250. The molecule has 1 fully saturated rings. The number of methoxy groups -OCH3 is 1. The predicted octanol–water partition coefficient (Wildman–Crippen LogP) is 3.30. The first kappa shape index (κ1) is 26.1. The van der Waals surface area contributed by atoms with Crippen LogP contribution in [0.1, 0.15) is 37.9 Å². The number of likely N-dealkylation sites (N-methyl/N-ethyl adjacent to an activating group) is 1. The number of rotatable bonds is 11. The smallest absolute Gasteiger partial charge is 0.191 e. The molecular formula is C22H39IN4O2. The monoisotopic (exact) mass is 518 g/mol. The zero-order chi connectivity index (χ0) is 20.0. The van der Waals surface area contributed by atoms with Crippen LogP contribution in [0.15, 0.2) is 35.3 Å². The highest BCUT2D eigenvalue weighted by molar-refractivity contribution is 14.0. The Labute approximate surface area is 193 Å². The molecule has 0 amide bonds. The molecule has 1 aromatic rings. The van der Waals surface area contributed by atoms with E-state index in [0.717, 1.165) is 71.2 Å². The summed E-state index contributed by atoms with van der Waals surface area (Å²) in [6.07, 6.45) is 3.47. The van der Waals surface area contributed by atoms with Crippen molar-refractivity contribution in [1.29, 1.82) is 0 Å². The van der Waals surface area contributed by atoms with Crippen molar-refractivity contribution in [2.24, 2.45) is 10.9 Å². The van der Waals surface area contributed by atoms with Gasteiger partial charge in [-0.05, 0) is 38.8 Å². The van der Waals surface area contributed by atoms with Crippen molar-refractivity contribution in [3.05, 3.63) is 35.9 Å². The van der Waals surface area contributed by atoms with Crippen LogP contribution in [-0.4, -0.2) is 71.0 Å². The first-order chi connectivity index (χ1) is 13.7. The van der Waals surface area contributed by atoms with Gasteiger partial charge in [0.1, 0.15) is 0 Å². The summed E-state index contributed by atoms with van der Waals surface area (Å²) in [6.45, 7) is 8.29. The van der Waals surface area contributed by atoms with Gasteiger partial charge in [-0.3, -0.25) is 4.99 Å². The minimum absolute atomic E-state index is 0. The second kappa shape index (κ2) is 15.9. The Morgan fingerprint density at radius 1 is 1.24 bits per heavy atom. The second-order valence-corrected chi connectivity index (χ2v) is 7.40. The molecule has 0 aromatic heterocycles. The Hall–Kier alpha value is -0.900. The highest BCUT2D eigenvalue weighted by Gasteiger charge is 2.27. The van der Waals surface area contributed by atoms with Crippen molar-refractivity contribution in [2.75, 3.05) is 60.1 Å². The van der Waals surface area contributed by atoms with Crippen molar-refractivity contribution >= 4 is 29.9 Å². The Morgan fingerprint density at radius 3 is 2.76 bits per heavy atom. The van der Waals surface area contributed by atoms with Gasteiger partial charge >= 0.3 is 0 Å². The third-order valence-electron chi connectivity index (χ3n) is 5.08. The van der Waals surface area contributed by atoms with Gasteiger partial charge in [0.25, 0.3) is 0 Å². The first-order valence-corrected chi connectivity index (χ1v) is 10.6. The summed E-state index contributed by atoms with van der Waals surface area (Å²) in [6, 6.07) is 10.6. The Morgan fingerprint density at radius 2 is 2.03 bits per heavy atom. The maximum absolute atomic E-state index is 6.10. The number of nitrogens with zero attached hydrogens (tertiary/aromatic N) is 2. The van der Waals surface area contributed by atoms with Crippen LogP contribution in [0.5, 0.6) is 0 Å². The molecule has 0 saturated carbocycles. The Balaban J connectivity index is 0.00000420. The number of hydrogen-bond acceptors (Lipinski definition) is 4. The molecule has 2 unspecified atom stereocenters. The topological polar surface area (TPSA) is 58.1 Å². The number of nitrogens with one attached hydrogen (secondary N) is 2. The summed E-state index contributed by atoms with van der Waals surface area (Å²) < 4.78 is 11.2. The zero-order valence-electron chi connectivity index (χ0n) is 18.2. The average Bonchev–Trinajstić information content (AvgIpc) is 2.73. The first-order valence-electron chi connectivity index (χ1n) is 10.6. The fraction of sp³-hybridized carbons (Fsp3) is 0.682. The molecular weight excluding hydrogens is 479 g/mol. The number of aliphatic imine (C=N–C) groups is 1. The molecule has 0 aliphatic carbocycles. The summed E-state index contributed by atoms with van der Waals surface area (Å²) >= 11 is 0. The molecule has 29 heavy (non-hydrogen) atoms. The summed E-state index contributed by atoms with van der Waals surface area (Å²) in [4.78, 5) is 7.18. The van der Waals surface area contributed by atoms with Crippen molar-refractivity contribution < 1.29 is 9.47 Å². The van der Waals surface area contributed by atoms with E-state index in [1.54, 1.807) is 7.11 Å². The van der Waals surface area contributed by atoms with E-state index < -0.39 is 0 Å². The molecule has 0 spiro atoms. The third-order valence-corrected chi connectivity index (χ3v) is 5.08. The zero-order valence-corrected chi connectivity index (χ0v) is 20.6. The molecule has 7 heteroatoms. The van der Waals surface area contributed by atoms with E-state index in [4.69, 9.17) is 14.5 Å². The van der Waals surface area contributed by atoms with E-state index in [2.05, 4.69) is 59.8 Å². The van der Waals surface area contributed by atoms with Crippen LogP contribution in [0.25, 0.3) is 0 Å². The molecule has 6 nitrogen and oxygen atoms in total. The normalized spacial score (nSPS) is 19.7. The lowest BCUT2D eigenvalue weighted by Gasteiger charge is -2.31. The van der Waals surface area contributed by atoms with Crippen LogP contribution in [0, 0.1) is 5.92 Å². The van der Waals surface area contributed by atoms with Crippen LogP contribution in [0.2, 0.25) is 0 Å². The van der Waals surface area contributed by atoms with Gasteiger partial charge in [0.2, 0.25) is 0 Å². The van der Waals surface area contributed by atoms with Crippen molar-refractivity contribution in [3.63, 3.8) is 0 Å². The van der Waals surface area contributed by atoms with Gasteiger partial charge in [-0.25, -0.2) is 0 Å². The van der Waals surface area contributed by atoms with E-state index in [1.165, 1.54) is 5.56 Å². The fourth-order valence-corrected chi connectivity index (χ4v) is 3.55. The summed E-state index contributed by atoms with van der Waals surface area (Å²) in [5, 5.41) is 6.82. The number of benzene rings is 1. The SMILES string of the molecule is CCNC(=NCC1CCCOC1c1ccccc1)NCCN(C)CCCOC.I. The van der Waals surface area contributed by atoms with Gasteiger partial charge in [0.15, 0.2) is 5.96 Å². The Kier molecular flexibility index (Phi) is 14.3. The minimum Gasteiger partial charge on any atom is -0.385 e. The average molecular weight is 518 g/mol. The van der Waals surface area contributed by atoms with E-state index in [9.17, 15) is 0 Å². The standard InChI is InChI=1S/C22H38N4O2.HI/c1-4-23-22(24-13-15-26(2)14-9-16-27-3)25-18-20-12-8-17-28-21(20)19-10-6-5-7-11-19;/h5-7,10-11,20-21H,4,8-9,12-18H2,1-3H3,(H2,23,24,25);1H. The quantitative estimate of drug-likeness (QED) is 0.204. The van der Waals surface area contributed by atoms with Crippen LogP contribution < -0.4 is 10.6 Å². The lowest BCUT2D eigenvalue weighted by Crippen LogP contribution is -2.41. The van der Waals surface area contributed by atoms with Gasteiger partial charge < -0.3 is 25.0 Å². The highest BCUT2D eigenvalue weighted by Crippen LogP contribution is 2.33. The van der Waals surface area contributed by atoms with Crippen LogP contribution >= 0.6 is 24.0 Å². The largest absolute Gasteiger partial charge is 0.385 e. The molecule has 0 radical (unpaired) electrons.